The Morgan fingerprint density at radius 2 is 2.00 bits per heavy atom. The summed E-state index contributed by atoms with van der Waals surface area (Å²) in [7, 11) is 0. The van der Waals surface area contributed by atoms with Gasteiger partial charge in [0, 0.05) is 5.92 Å². The molecule has 0 aliphatic carbocycles. The standard InChI is InChI=1S/C15H21NO2/c1-11(2)15(17)16-9-14(18-10-12(16)3)13-7-5-4-6-8-13/h4-8,11-12,14H,9-10H2,1-3H3. The van der Waals surface area contributed by atoms with Crippen LogP contribution in [0.4, 0.5) is 0 Å². The van der Waals surface area contributed by atoms with E-state index in [9.17, 15) is 4.79 Å². The number of nitrogens with zero attached hydrogens (tertiary/aromatic N) is 1. The molecule has 98 valence electrons. The average Bonchev–Trinajstić information content (AvgIpc) is 2.39. The third kappa shape index (κ3) is 2.72. The van der Waals surface area contributed by atoms with Gasteiger partial charge in [-0.3, -0.25) is 4.79 Å². The molecule has 0 radical (unpaired) electrons. The number of amides is 1. The van der Waals surface area contributed by atoms with E-state index in [0.717, 1.165) is 5.56 Å². The molecule has 2 unspecified atom stereocenters. The second kappa shape index (κ2) is 5.53. The molecule has 1 amide bonds. The van der Waals surface area contributed by atoms with Crippen molar-refractivity contribution >= 4 is 5.91 Å². The van der Waals surface area contributed by atoms with Crippen LogP contribution in [-0.2, 0) is 9.53 Å². The van der Waals surface area contributed by atoms with Crippen LogP contribution in [-0.4, -0.2) is 30.0 Å². The number of hydrogen-bond donors (Lipinski definition) is 0. The van der Waals surface area contributed by atoms with E-state index in [-0.39, 0.29) is 24.0 Å². The van der Waals surface area contributed by atoms with Crippen molar-refractivity contribution in [1.82, 2.24) is 4.90 Å². The van der Waals surface area contributed by atoms with Gasteiger partial charge in [-0.25, -0.2) is 0 Å². The van der Waals surface area contributed by atoms with Gasteiger partial charge in [0.05, 0.1) is 19.2 Å². The van der Waals surface area contributed by atoms with Gasteiger partial charge in [0.25, 0.3) is 0 Å². The van der Waals surface area contributed by atoms with Gasteiger partial charge in [0.2, 0.25) is 5.91 Å². The molecule has 2 rings (SSSR count). The number of morpholine rings is 1. The Labute approximate surface area is 109 Å². The maximum absolute atomic E-state index is 12.2. The Kier molecular flexibility index (Phi) is 4.02. The van der Waals surface area contributed by atoms with Crippen molar-refractivity contribution in [1.29, 1.82) is 0 Å². The summed E-state index contributed by atoms with van der Waals surface area (Å²) in [6.45, 7) is 7.20. The van der Waals surface area contributed by atoms with Crippen LogP contribution in [0, 0.1) is 5.92 Å². The fraction of sp³-hybridized carbons (Fsp3) is 0.533. The van der Waals surface area contributed by atoms with Crippen molar-refractivity contribution < 1.29 is 9.53 Å². The Hall–Kier alpha value is -1.35. The lowest BCUT2D eigenvalue weighted by molar-refractivity contribution is -0.147. The molecule has 1 heterocycles. The highest BCUT2D eigenvalue weighted by Gasteiger charge is 2.31. The van der Waals surface area contributed by atoms with Gasteiger partial charge in [-0.1, -0.05) is 44.2 Å². The van der Waals surface area contributed by atoms with Gasteiger partial charge in [-0.05, 0) is 12.5 Å². The molecule has 0 aromatic heterocycles. The molecule has 3 heteroatoms. The van der Waals surface area contributed by atoms with Crippen molar-refractivity contribution in [3.63, 3.8) is 0 Å². The Bertz CT molecular complexity index is 402. The van der Waals surface area contributed by atoms with Crippen molar-refractivity contribution in [2.24, 2.45) is 5.92 Å². The van der Waals surface area contributed by atoms with E-state index in [0.29, 0.717) is 13.2 Å². The molecule has 1 aliphatic rings. The van der Waals surface area contributed by atoms with E-state index in [1.54, 1.807) is 0 Å². The smallest absolute Gasteiger partial charge is 0.225 e. The molecule has 0 spiro atoms. The molecule has 0 saturated carbocycles. The van der Waals surface area contributed by atoms with Gasteiger partial charge >= 0.3 is 0 Å². The first-order valence-corrected chi connectivity index (χ1v) is 6.56. The van der Waals surface area contributed by atoms with Gasteiger partial charge in [0.1, 0.15) is 6.10 Å². The molecule has 0 bridgehead atoms. The first kappa shape index (κ1) is 13.1. The van der Waals surface area contributed by atoms with E-state index < -0.39 is 0 Å². The third-order valence-corrected chi connectivity index (χ3v) is 3.38. The molecule has 18 heavy (non-hydrogen) atoms. The summed E-state index contributed by atoms with van der Waals surface area (Å²) in [5.74, 6) is 0.258. The number of carbonyl (C=O) groups excluding carboxylic acids is 1. The predicted octanol–water partition coefficient (Wildman–Crippen LogP) is 2.63. The molecular weight excluding hydrogens is 226 g/mol. The lowest BCUT2D eigenvalue weighted by Gasteiger charge is -2.39. The highest BCUT2D eigenvalue weighted by Crippen LogP contribution is 2.25. The summed E-state index contributed by atoms with van der Waals surface area (Å²) >= 11 is 0. The summed E-state index contributed by atoms with van der Waals surface area (Å²) in [5.41, 5.74) is 1.14. The maximum Gasteiger partial charge on any atom is 0.225 e. The second-order valence-corrected chi connectivity index (χ2v) is 5.23. The topological polar surface area (TPSA) is 29.5 Å². The molecule has 1 saturated heterocycles. The van der Waals surface area contributed by atoms with Gasteiger partial charge in [0.15, 0.2) is 0 Å². The van der Waals surface area contributed by atoms with Crippen LogP contribution in [0.15, 0.2) is 30.3 Å². The van der Waals surface area contributed by atoms with E-state index in [2.05, 4.69) is 12.1 Å². The molecule has 0 N–H and O–H groups in total. The third-order valence-electron chi connectivity index (χ3n) is 3.38. The van der Waals surface area contributed by atoms with Crippen LogP contribution in [0.5, 0.6) is 0 Å². The molecule has 1 aliphatic heterocycles. The number of rotatable bonds is 2. The quantitative estimate of drug-likeness (QED) is 0.804. The molecule has 2 atom stereocenters. The molecule has 1 fully saturated rings. The Morgan fingerprint density at radius 1 is 1.33 bits per heavy atom. The largest absolute Gasteiger partial charge is 0.370 e. The Balaban J connectivity index is 2.12. The first-order valence-electron chi connectivity index (χ1n) is 6.56. The minimum absolute atomic E-state index is 0.00472. The van der Waals surface area contributed by atoms with Crippen molar-refractivity contribution in [2.45, 2.75) is 32.9 Å². The summed E-state index contributed by atoms with van der Waals surface area (Å²) < 4.78 is 5.84. The zero-order valence-corrected chi connectivity index (χ0v) is 11.3. The summed E-state index contributed by atoms with van der Waals surface area (Å²) in [6, 6.07) is 10.3. The number of carbonyl (C=O) groups is 1. The van der Waals surface area contributed by atoms with Gasteiger partial charge in [-0.15, -0.1) is 0 Å². The van der Waals surface area contributed by atoms with Crippen LogP contribution in [0.3, 0.4) is 0 Å². The highest BCUT2D eigenvalue weighted by molar-refractivity contribution is 5.78. The predicted molar refractivity (Wildman–Crippen MR) is 71.1 cm³/mol. The monoisotopic (exact) mass is 247 g/mol. The average molecular weight is 247 g/mol. The van der Waals surface area contributed by atoms with Crippen molar-refractivity contribution in [3.8, 4) is 0 Å². The number of benzene rings is 1. The van der Waals surface area contributed by atoms with Crippen LogP contribution >= 0.6 is 0 Å². The number of ether oxygens (including phenoxy) is 1. The zero-order valence-electron chi connectivity index (χ0n) is 11.3. The molecule has 1 aromatic carbocycles. The summed E-state index contributed by atoms with van der Waals surface area (Å²) in [4.78, 5) is 14.1. The first-order chi connectivity index (χ1) is 8.59. The van der Waals surface area contributed by atoms with E-state index >= 15 is 0 Å². The fourth-order valence-electron chi connectivity index (χ4n) is 2.26. The van der Waals surface area contributed by atoms with Crippen LogP contribution in [0.2, 0.25) is 0 Å². The fourth-order valence-corrected chi connectivity index (χ4v) is 2.26. The molecule has 3 nitrogen and oxygen atoms in total. The Morgan fingerprint density at radius 3 is 2.61 bits per heavy atom. The lowest BCUT2D eigenvalue weighted by atomic mass is 10.0. The minimum Gasteiger partial charge on any atom is -0.370 e. The molecular formula is C15H21NO2. The van der Waals surface area contributed by atoms with E-state index in [4.69, 9.17) is 4.74 Å². The van der Waals surface area contributed by atoms with E-state index in [1.165, 1.54) is 0 Å². The zero-order chi connectivity index (χ0) is 13.1. The summed E-state index contributed by atoms with van der Waals surface area (Å²) in [6.07, 6.45) is 0.00472. The van der Waals surface area contributed by atoms with Crippen molar-refractivity contribution in [3.05, 3.63) is 35.9 Å². The SMILES string of the molecule is CC(C)C(=O)N1CC(c2ccccc2)OCC1C. The lowest BCUT2D eigenvalue weighted by Crippen LogP contribution is -2.49. The van der Waals surface area contributed by atoms with Crippen LogP contribution < -0.4 is 0 Å². The summed E-state index contributed by atoms with van der Waals surface area (Å²) in [5, 5.41) is 0. The maximum atomic E-state index is 12.2. The minimum atomic E-state index is 0.00472. The van der Waals surface area contributed by atoms with E-state index in [1.807, 2.05) is 43.9 Å². The number of hydrogen-bond acceptors (Lipinski definition) is 2. The van der Waals surface area contributed by atoms with Gasteiger partial charge in [-0.2, -0.15) is 0 Å². The molecule has 1 aromatic rings. The van der Waals surface area contributed by atoms with Crippen LogP contribution in [0.25, 0.3) is 0 Å². The second-order valence-electron chi connectivity index (χ2n) is 5.23. The van der Waals surface area contributed by atoms with Crippen LogP contribution in [0.1, 0.15) is 32.4 Å². The highest BCUT2D eigenvalue weighted by atomic mass is 16.5. The van der Waals surface area contributed by atoms with Crippen molar-refractivity contribution in [2.75, 3.05) is 13.2 Å². The van der Waals surface area contributed by atoms with Gasteiger partial charge < -0.3 is 9.64 Å². The normalized spacial score (nSPS) is 24.3.